The number of hydrogen-bond acceptors (Lipinski definition) is 0. The minimum atomic E-state index is -0.189. The van der Waals surface area contributed by atoms with Gasteiger partial charge in [-0.3, -0.25) is 0 Å². The van der Waals surface area contributed by atoms with E-state index in [0.29, 0.717) is 0 Å². The molecule has 0 bridgehead atoms. The van der Waals surface area contributed by atoms with E-state index in [0.717, 1.165) is 0 Å². The topological polar surface area (TPSA) is 0 Å². The Balaban J connectivity index is 1.01. The highest BCUT2D eigenvalue weighted by Crippen LogP contribution is 2.58. The van der Waals surface area contributed by atoms with E-state index in [1.54, 1.807) is 0 Å². The second-order valence-corrected chi connectivity index (χ2v) is 18.7. The molecule has 0 nitrogen and oxygen atoms in total. The van der Waals surface area contributed by atoms with E-state index in [-0.39, 0.29) is 10.8 Å². The first-order valence-corrected chi connectivity index (χ1v) is 22.1. The van der Waals surface area contributed by atoms with E-state index in [1.807, 2.05) is 0 Å². The van der Waals surface area contributed by atoms with Gasteiger partial charge in [0.15, 0.2) is 0 Å². The highest BCUT2D eigenvalue weighted by atomic mass is 14.4. The second-order valence-electron chi connectivity index (χ2n) is 18.7. The van der Waals surface area contributed by atoms with E-state index >= 15 is 0 Å². The number of rotatable bonds is 3. The maximum Gasteiger partial charge on any atom is 0.0171 e. The summed E-state index contributed by atoms with van der Waals surface area (Å²) < 4.78 is 0. The zero-order valence-corrected chi connectivity index (χ0v) is 35.5. The average molecular weight is 789 g/mol. The molecule has 0 radical (unpaired) electrons. The summed E-state index contributed by atoms with van der Waals surface area (Å²) >= 11 is 0. The summed E-state index contributed by atoms with van der Waals surface area (Å²) in [5, 5.41) is 13.1. The molecule has 2 aliphatic rings. The fraction of sp³-hybridized carbons (Fsp3) is 0.0968. The average Bonchev–Trinajstić information content (AvgIpc) is 3.71. The molecule has 13 rings (SSSR count). The third-order valence-electron chi connectivity index (χ3n) is 14.8. The molecule has 2 aliphatic carbocycles. The molecule has 0 aliphatic heterocycles. The van der Waals surface area contributed by atoms with Gasteiger partial charge in [0.1, 0.15) is 0 Å². The third-order valence-corrected chi connectivity index (χ3v) is 14.8. The van der Waals surface area contributed by atoms with Gasteiger partial charge in [-0.2, -0.15) is 0 Å². The summed E-state index contributed by atoms with van der Waals surface area (Å²) in [6, 6.07) is 73.2. The smallest absolute Gasteiger partial charge is 0.0171 e. The van der Waals surface area contributed by atoms with Gasteiger partial charge in [0.25, 0.3) is 0 Å². The monoisotopic (exact) mass is 788 g/mol. The van der Waals surface area contributed by atoms with Gasteiger partial charge < -0.3 is 0 Å². The SMILES string of the molecule is CC1(C)c2ccccc2-c2c1cc(-c1c3ccccc3c(-c3ccc(-c4cccc5c4C(C)(C)c4c-5c5ccccc5c5ccccc45)cc3)c3ccccc13)c1ccccc21. The van der Waals surface area contributed by atoms with Crippen molar-refractivity contribution in [3.8, 4) is 55.6 Å². The van der Waals surface area contributed by atoms with Crippen molar-refractivity contribution in [2.75, 3.05) is 0 Å². The number of fused-ring (bicyclic) bond motifs is 15. The van der Waals surface area contributed by atoms with Crippen molar-refractivity contribution in [2.45, 2.75) is 38.5 Å². The molecular formula is C62H44. The van der Waals surface area contributed by atoms with Crippen molar-refractivity contribution in [1.82, 2.24) is 0 Å². The molecule has 0 aromatic heterocycles. The van der Waals surface area contributed by atoms with Crippen LogP contribution in [0.15, 0.2) is 194 Å². The molecule has 0 amide bonds. The van der Waals surface area contributed by atoms with E-state index in [2.05, 4.69) is 222 Å². The van der Waals surface area contributed by atoms with Crippen LogP contribution in [0.3, 0.4) is 0 Å². The maximum absolute atomic E-state index is 2.53. The Morgan fingerprint density at radius 2 is 0.677 bits per heavy atom. The molecule has 0 heterocycles. The lowest BCUT2D eigenvalue weighted by atomic mass is 9.76. The molecule has 11 aromatic carbocycles. The van der Waals surface area contributed by atoms with E-state index in [9.17, 15) is 0 Å². The van der Waals surface area contributed by atoms with Crippen molar-refractivity contribution in [2.24, 2.45) is 0 Å². The molecule has 0 fully saturated rings. The van der Waals surface area contributed by atoms with E-state index in [1.165, 1.54) is 132 Å². The molecule has 11 aromatic rings. The van der Waals surface area contributed by atoms with E-state index < -0.39 is 0 Å². The van der Waals surface area contributed by atoms with Crippen LogP contribution in [-0.2, 0) is 10.8 Å². The van der Waals surface area contributed by atoms with Gasteiger partial charge in [-0.25, -0.2) is 0 Å². The maximum atomic E-state index is 2.53. The molecule has 0 saturated heterocycles. The van der Waals surface area contributed by atoms with Gasteiger partial charge in [-0.1, -0.05) is 216 Å². The standard InChI is InChI=1S/C62H44/c1-61(2)53-31-16-15-28-50(53)57-43-21-8-6-20-42(43)52(36-54(57)61)56-47-25-12-10-23-45(47)55(46-24-11-13-26-48(46)56)38-34-32-37(33-35-38)39-29-17-30-51-58-44-22-9-5-18-40(44)41-19-7-14-27-49(41)60(58)62(3,4)59(39)51/h5-36H,1-4H3. The Kier molecular flexibility index (Phi) is 7.23. The van der Waals surface area contributed by atoms with Crippen LogP contribution in [0.1, 0.15) is 49.9 Å². The van der Waals surface area contributed by atoms with Crippen LogP contribution < -0.4 is 0 Å². The minimum Gasteiger partial charge on any atom is -0.0619 e. The van der Waals surface area contributed by atoms with Crippen molar-refractivity contribution >= 4 is 53.9 Å². The van der Waals surface area contributed by atoms with Crippen LogP contribution in [-0.4, -0.2) is 0 Å². The third kappa shape index (κ3) is 4.62. The Labute approximate surface area is 362 Å². The summed E-state index contributed by atoms with van der Waals surface area (Å²) in [6.07, 6.45) is 0. The Bertz CT molecular complexity index is 3670. The normalized spacial score (nSPS) is 14.4. The molecule has 0 N–H and O–H groups in total. The fourth-order valence-corrected chi connectivity index (χ4v) is 12.2. The first-order chi connectivity index (χ1) is 30.3. The molecule has 0 unspecified atom stereocenters. The highest BCUT2D eigenvalue weighted by molar-refractivity contribution is 6.25. The number of hydrogen-bond donors (Lipinski definition) is 0. The summed E-state index contributed by atoms with van der Waals surface area (Å²) in [5.41, 5.74) is 18.5. The first-order valence-electron chi connectivity index (χ1n) is 22.1. The van der Waals surface area contributed by atoms with Crippen LogP contribution >= 0.6 is 0 Å². The quantitative estimate of drug-likeness (QED) is 0.124. The summed E-state index contributed by atoms with van der Waals surface area (Å²) in [6.45, 7) is 9.65. The number of benzene rings is 11. The summed E-state index contributed by atoms with van der Waals surface area (Å²) in [4.78, 5) is 0. The van der Waals surface area contributed by atoms with Crippen LogP contribution in [0, 0.1) is 0 Å². The Hall–Kier alpha value is -7.28. The lowest BCUT2D eigenvalue weighted by molar-refractivity contribution is 0.661. The molecule has 0 atom stereocenters. The van der Waals surface area contributed by atoms with Crippen LogP contribution in [0.2, 0.25) is 0 Å². The lowest BCUT2D eigenvalue weighted by Gasteiger charge is -2.26. The van der Waals surface area contributed by atoms with Crippen molar-refractivity contribution in [3.05, 3.63) is 216 Å². The zero-order valence-electron chi connectivity index (χ0n) is 35.5. The van der Waals surface area contributed by atoms with Gasteiger partial charge in [0.05, 0.1) is 0 Å². The Morgan fingerprint density at radius 1 is 0.242 bits per heavy atom. The second kappa shape index (κ2) is 12.6. The van der Waals surface area contributed by atoms with Crippen LogP contribution in [0.5, 0.6) is 0 Å². The van der Waals surface area contributed by atoms with Crippen LogP contribution in [0.25, 0.3) is 109 Å². The van der Waals surface area contributed by atoms with Gasteiger partial charge in [0, 0.05) is 10.8 Å². The molecule has 62 heavy (non-hydrogen) atoms. The minimum absolute atomic E-state index is 0.115. The van der Waals surface area contributed by atoms with Gasteiger partial charge in [-0.15, -0.1) is 0 Å². The van der Waals surface area contributed by atoms with Crippen LogP contribution in [0.4, 0.5) is 0 Å². The first kappa shape index (κ1) is 35.5. The molecule has 292 valence electrons. The predicted molar refractivity (Wildman–Crippen MR) is 265 cm³/mol. The van der Waals surface area contributed by atoms with Gasteiger partial charge in [-0.05, 0) is 138 Å². The lowest BCUT2D eigenvalue weighted by Crippen LogP contribution is -2.17. The predicted octanol–water partition coefficient (Wildman–Crippen LogP) is 17.1. The fourth-order valence-electron chi connectivity index (χ4n) is 12.2. The van der Waals surface area contributed by atoms with Crippen molar-refractivity contribution < 1.29 is 0 Å². The molecule has 0 saturated carbocycles. The molecular weight excluding hydrogens is 745 g/mol. The van der Waals surface area contributed by atoms with Crippen molar-refractivity contribution in [1.29, 1.82) is 0 Å². The zero-order chi connectivity index (χ0) is 41.5. The summed E-state index contributed by atoms with van der Waals surface area (Å²) in [5.74, 6) is 0. The molecule has 0 spiro atoms. The Morgan fingerprint density at radius 3 is 1.31 bits per heavy atom. The largest absolute Gasteiger partial charge is 0.0619 e. The van der Waals surface area contributed by atoms with E-state index in [4.69, 9.17) is 0 Å². The van der Waals surface area contributed by atoms with Gasteiger partial charge >= 0.3 is 0 Å². The molecule has 0 heteroatoms. The van der Waals surface area contributed by atoms with Gasteiger partial charge in [0.2, 0.25) is 0 Å². The highest BCUT2D eigenvalue weighted by Gasteiger charge is 2.41. The van der Waals surface area contributed by atoms with Crippen molar-refractivity contribution in [3.63, 3.8) is 0 Å². The summed E-state index contributed by atoms with van der Waals surface area (Å²) in [7, 11) is 0.